The van der Waals surface area contributed by atoms with Gasteiger partial charge in [0.1, 0.15) is 17.1 Å². The maximum Gasteiger partial charge on any atom is 0.261 e. The molecule has 1 saturated heterocycles. The molecule has 0 bridgehead atoms. The fourth-order valence-electron chi connectivity index (χ4n) is 3.64. The summed E-state index contributed by atoms with van der Waals surface area (Å²) in [6, 6.07) is 5.24. The summed E-state index contributed by atoms with van der Waals surface area (Å²) >= 11 is 6.39. The number of benzene rings is 1. The van der Waals surface area contributed by atoms with E-state index in [0.717, 1.165) is 31.4 Å². The molecule has 0 saturated carbocycles. The Bertz CT molecular complexity index is 749. The number of hydrogen-bond acceptors (Lipinski definition) is 4. The van der Waals surface area contributed by atoms with Crippen molar-refractivity contribution in [1.82, 2.24) is 14.7 Å². The molecule has 0 spiro atoms. The fraction of sp³-hybridized carbons (Fsp3) is 0.474. The number of likely N-dealkylation sites (tertiary alicyclic amines) is 1. The molecule has 26 heavy (non-hydrogen) atoms. The smallest absolute Gasteiger partial charge is 0.261 e. The number of halogens is 1. The molecule has 0 aliphatic carbocycles. The summed E-state index contributed by atoms with van der Waals surface area (Å²) in [5, 5.41) is 4.84. The van der Waals surface area contributed by atoms with Crippen LogP contribution in [0.4, 0.5) is 0 Å². The zero-order valence-electron chi connectivity index (χ0n) is 15.4. The molecule has 1 aromatic heterocycles. The van der Waals surface area contributed by atoms with Crippen LogP contribution in [0.3, 0.4) is 0 Å². The summed E-state index contributed by atoms with van der Waals surface area (Å²) in [7, 11) is 4.98. The summed E-state index contributed by atoms with van der Waals surface area (Å²) in [6.07, 6.45) is 5.56. The number of rotatable bonds is 4. The highest BCUT2D eigenvalue weighted by Gasteiger charge is 2.33. The monoisotopic (exact) mass is 377 g/mol. The fourth-order valence-corrected chi connectivity index (χ4v) is 3.93. The van der Waals surface area contributed by atoms with Crippen molar-refractivity contribution < 1.29 is 14.3 Å². The van der Waals surface area contributed by atoms with Crippen molar-refractivity contribution in [3.05, 3.63) is 40.7 Å². The number of nitrogens with zero attached hydrogens (tertiary/aromatic N) is 3. The Morgan fingerprint density at radius 3 is 2.46 bits per heavy atom. The highest BCUT2D eigenvalue weighted by atomic mass is 35.5. The standard InChI is InChI=1S/C19H24ClN3O3/c1-22-18(13(20)12-21-22)14-8-5-4-6-11-23(14)19(24)17-15(25-2)9-7-10-16(17)26-3/h7,9-10,12,14H,4-6,8,11H2,1-3H3. The Morgan fingerprint density at radius 1 is 1.19 bits per heavy atom. The van der Waals surface area contributed by atoms with E-state index in [1.54, 1.807) is 37.2 Å². The lowest BCUT2D eigenvalue weighted by Crippen LogP contribution is -2.36. The third kappa shape index (κ3) is 3.38. The van der Waals surface area contributed by atoms with Crippen LogP contribution in [0, 0.1) is 0 Å². The van der Waals surface area contributed by atoms with E-state index in [1.807, 2.05) is 18.0 Å². The predicted octanol–water partition coefficient (Wildman–Crippen LogP) is 3.85. The number of methoxy groups -OCH3 is 2. The van der Waals surface area contributed by atoms with Crippen LogP contribution in [0.15, 0.2) is 24.4 Å². The van der Waals surface area contributed by atoms with Gasteiger partial charge in [-0.15, -0.1) is 0 Å². The maximum absolute atomic E-state index is 13.5. The maximum atomic E-state index is 13.5. The predicted molar refractivity (Wildman–Crippen MR) is 100 cm³/mol. The molecule has 6 nitrogen and oxygen atoms in total. The second-order valence-corrected chi connectivity index (χ2v) is 6.81. The van der Waals surface area contributed by atoms with Gasteiger partial charge in [0.25, 0.3) is 5.91 Å². The molecule has 0 N–H and O–H groups in total. The lowest BCUT2D eigenvalue weighted by Gasteiger charge is -2.31. The normalized spacial score (nSPS) is 17.7. The summed E-state index contributed by atoms with van der Waals surface area (Å²) in [6.45, 7) is 0.659. The largest absolute Gasteiger partial charge is 0.496 e. The van der Waals surface area contributed by atoms with Crippen LogP contribution in [-0.4, -0.2) is 41.4 Å². The third-order valence-electron chi connectivity index (χ3n) is 4.91. The minimum Gasteiger partial charge on any atom is -0.496 e. The molecule has 1 amide bonds. The van der Waals surface area contributed by atoms with E-state index in [0.29, 0.717) is 28.6 Å². The Hall–Kier alpha value is -2.21. The molecular weight excluding hydrogens is 354 g/mol. The van der Waals surface area contributed by atoms with Crippen LogP contribution in [0.25, 0.3) is 0 Å². The molecule has 0 radical (unpaired) electrons. The van der Waals surface area contributed by atoms with Gasteiger partial charge in [0, 0.05) is 13.6 Å². The average Bonchev–Trinajstić information content (AvgIpc) is 2.86. The van der Waals surface area contributed by atoms with E-state index in [4.69, 9.17) is 21.1 Å². The van der Waals surface area contributed by atoms with Gasteiger partial charge >= 0.3 is 0 Å². The van der Waals surface area contributed by atoms with Crippen LogP contribution in [0.5, 0.6) is 11.5 Å². The highest BCUT2D eigenvalue weighted by molar-refractivity contribution is 6.31. The molecule has 1 fully saturated rings. The van der Waals surface area contributed by atoms with Gasteiger partial charge in [-0.2, -0.15) is 5.10 Å². The molecule has 2 heterocycles. The van der Waals surface area contributed by atoms with Crippen LogP contribution in [-0.2, 0) is 7.05 Å². The zero-order chi connectivity index (χ0) is 18.7. The van der Waals surface area contributed by atoms with Crippen molar-refractivity contribution >= 4 is 17.5 Å². The van der Waals surface area contributed by atoms with E-state index in [1.165, 1.54) is 0 Å². The van der Waals surface area contributed by atoms with Crippen molar-refractivity contribution in [2.75, 3.05) is 20.8 Å². The molecule has 1 aliphatic heterocycles. The number of hydrogen-bond donors (Lipinski definition) is 0. The Balaban J connectivity index is 2.06. The van der Waals surface area contributed by atoms with Crippen molar-refractivity contribution in [2.24, 2.45) is 7.05 Å². The van der Waals surface area contributed by atoms with E-state index >= 15 is 0 Å². The summed E-state index contributed by atoms with van der Waals surface area (Å²) in [5.41, 5.74) is 1.32. The van der Waals surface area contributed by atoms with Gasteiger partial charge in [0.05, 0.1) is 37.2 Å². The van der Waals surface area contributed by atoms with E-state index < -0.39 is 0 Å². The summed E-state index contributed by atoms with van der Waals surface area (Å²) < 4.78 is 12.6. The molecule has 1 aliphatic rings. The van der Waals surface area contributed by atoms with Crippen molar-refractivity contribution in [2.45, 2.75) is 31.7 Å². The van der Waals surface area contributed by atoms with Gasteiger partial charge in [0.15, 0.2) is 0 Å². The van der Waals surface area contributed by atoms with Gasteiger partial charge in [-0.1, -0.05) is 30.5 Å². The molecule has 140 valence electrons. The highest BCUT2D eigenvalue weighted by Crippen LogP contribution is 2.37. The molecule has 1 unspecified atom stereocenters. The minimum atomic E-state index is -0.125. The first-order valence-electron chi connectivity index (χ1n) is 8.77. The first kappa shape index (κ1) is 18.6. The number of amides is 1. The van der Waals surface area contributed by atoms with Crippen molar-refractivity contribution in [3.8, 4) is 11.5 Å². The number of carbonyl (C=O) groups excluding carboxylic acids is 1. The first-order valence-corrected chi connectivity index (χ1v) is 9.15. The SMILES string of the molecule is COc1cccc(OC)c1C(=O)N1CCCCCC1c1c(Cl)cnn1C. The summed E-state index contributed by atoms with van der Waals surface area (Å²) in [5.74, 6) is 0.908. The quantitative estimate of drug-likeness (QED) is 0.812. The van der Waals surface area contributed by atoms with Crippen LogP contribution >= 0.6 is 11.6 Å². The van der Waals surface area contributed by atoms with E-state index in [-0.39, 0.29) is 11.9 Å². The van der Waals surface area contributed by atoms with Crippen molar-refractivity contribution in [1.29, 1.82) is 0 Å². The lowest BCUT2D eigenvalue weighted by atomic mass is 10.0. The second-order valence-electron chi connectivity index (χ2n) is 6.40. The third-order valence-corrected chi connectivity index (χ3v) is 5.20. The number of aromatic nitrogens is 2. The molecule has 3 rings (SSSR count). The topological polar surface area (TPSA) is 56.6 Å². The molecule has 1 atom stereocenters. The van der Waals surface area contributed by atoms with Gasteiger partial charge in [-0.25, -0.2) is 0 Å². The Kier molecular flexibility index (Phi) is 5.71. The number of ether oxygens (including phenoxy) is 2. The van der Waals surface area contributed by atoms with E-state index in [2.05, 4.69) is 5.10 Å². The van der Waals surface area contributed by atoms with Crippen LogP contribution in [0.1, 0.15) is 47.8 Å². The van der Waals surface area contributed by atoms with Crippen LogP contribution < -0.4 is 9.47 Å². The number of carbonyl (C=O) groups is 1. The van der Waals surface area contributed by atoms with E-state index in [9.17, 15) is 4.79 Å². The Morgan fingerprint density at radius 2 is 1.88 bits per heavy atom. The van der Waals surface area contributed by atoms with Gasteiger partial charge < -0.3 is 14.4 Å². The second kappa shape index (κ2) is 7.99. The van der Waals surface area contributed by atoms with Gasteiger partial charge in [-0.05, 0) is 25.0 Å². The lowest BCUT2D eigenvalue weighted by molar-refractivity contribution is 0.0666. The molecular formula is C19H24ClN3O3. The molecule has 7 heteroatoms. The van der Waals surface area contributed by atoms with Crippen molar-refractivity contribution in [3.63, 3.8) is 0 Å². The molecule has 1 aromatic carbocycles. The van der Waals surface area contributed by atoms with Gasteiger partial charge in [0.2, 0.25) is 0 Å². The Labute approximate surface area is 158 Å². The minimum absolute atomic E-state index is 0.108. The summed E-state index contributed by atoms with van der Waals surface area (Å²) in [4.78, 5) is 15.4. The first-order chi connectivity index (χ1) is 12.6. The number of aryl methyl sites for hydroxylation is 1. The van der Waals surface area contributed by atoms with Gasteiger partial charge in [-0.3, -0.25) is 9.48 Å². The molecule has 2 aromatic rings. The average molecular weight is 378 g/mol. The zero-order valence-corrected chi connectivity index (χ0v) is 16.1. The van der Waals surface area contributed by atoms with Crippen LogP contribution in [0.2, 0.25) is 5.02 Å².